The lowest BCUT2D eigenvalue weighted by Gasteiger charge is -2.12. The van der Waals surface area contributed by atoms with Crippen LogP contribution in [0.15, 0.2) is 53.1 Å². The van der Waals surface area contributed by atoms with E-state index in [0.29, 0.717) is 43.6 Å². The third kappa shape index (κ3) is 6.31. The van der Waals surface area contributed by atoms with Crippen molar-refractivity contribution in [3.05, 3.63) is 69.9 Å². The van der Waals surface area contributed by atoms with Gasteiger partial charge in [-0.15, -0.1) is 11.3 Å². The Morgan fingerprint density at radius 3 is 2.63 bits per heavy atom. The van der Waals surface area contributed by atoms with Crippen molar-refractivity contribution in [2.75, 3.05) is 13.1 Å². The first kappa shape index (κ1) is 21.8. The number of thiazole rings is 1. The molecule has 160 valence electrons. The lowest BCUT2D eigenvalue weighted by atomic mass is 10.1. The highest BCUT2D eigenvalue weighted by Crippen LogP contribution is 2.30. The number of hydrogen-bond acceptors (Lipinski definition) is 4. The first-order valence-electron chi connectivity index (χ1n) is 9.53. The van der Waals surface area contributed by atoms with Crippen molar-refractivity contribution >= 4 is 17.3 Å². The molecule has 2 N–H and O–H groups in total. The largest absolute Gasteiger partial charge is 0.434 e. The van der Waals surface area contributed by atoms with Crippen molar-refractivity contribution in [1.29, 1.82) is 0 Å². The molecule has 0 aliphatic rings. The molecule has 2 aromatic heterocycles. The van der Waals surface area contributed by atoms with Crippen LogP contribution in [0.2, 0.25) is 0 Å². The number of nitrogens with one attached hydrogen (secondary N) is 2. The summed E-state index contributed by atoms with van der Waals surface area (Å²) in [6.45, 7) is 4.21. The SMILES string of the molecule is CCNC(=NCc1ccccc1Cn1cccn1)NCCc1nc(C(F)(F)F)cs1. The van der Waals surface area contributed by atoms with Gasteiger partial charge in [-0.25, -0.2) is 9.98 Å². The van der Waals surface area contributed by atoms with Crippen LogP contribution < -0.4 is 10.6 Å². The van der Waals surface area contributed by atoms with Gasteiger partial charge in [0.25, 0.3) is 0 Å². The Balaban J connectivity index is 1.59. The van der Waals surface area contributed by atoms with Crippen LogP contribution in [0.3, 0.4) is 0 Å². The van der Waals surface area contributed by atoms with Crippen LogP contribution in [-0.4, -0.2) is 33.8 Å². The Kier molecular flexibility index (Phi) is 7.45. The van der Waals surface area contributed by atoms with Crippen LogP contribution in [0.5, 0.6) is 0 Å². The van der Waals surface area contributed by atoms with Crippen LogP contribution in [0.1, 0.15) is 28.8 Å². The van der Waals surface area contributed by atoms with Gasteiger partial charge in [0.05, 0.1) is 18.1 Å². The summed E-state index contributed by atoms with van der Waals surface area (Å²) in [5, 5.41) is 12.0. The fourth-order valence-corrected chi connectivity index (χ4v) is 3.59. The predicted molar refractivity (Wildman–Crippen MR) is 111 cm³/mol. The molecule has 30 heavy (non-hydrogen) atoms. The normalized spacial score (nSPS) is 12.2. The van der Waals surface area contributed by atoms with Gasteiger partial charge < -0.3 is 10.6 Å². The zero-order valence-corrected chi connectivity index (χ0v) is 17.3. The molecule has 3 aromatic rings. The van der Waals surface area contributed by atoms with Gasteiger partial charge in [0, 0.05) is 37.3 Å². The number of aliphatic imine (C=N–C) groups is 1. The van der Waals surface area contributed by atoms with Gasteiger partial charge >= 0.3 is 6.18 Å². The smallest absolute Gasteiger partial charge is 0.357 e. The molecule has 0 fully saturated rings. The number of nitrogens with zero attached hydrogens (tertiary/aromatic N) is 4. The van der Waals surface area contributed by atoms with Gasteiger partial charge in [-0.1, -0.05) is 24.3 Å². The Labute approximate surface area is 176 Å². The van der Waals surface area contributed by atoms with Gasteiger partial charge in [0.15, 0.2) is 11.7 Å². The van der Waals surface area contributed by atoms with Crippen molar-refractivity contribution < 1.29 is 13.2 Å². The molecule has 0 saturated carbocycles. The molecular weight excluding hydrogens is 413 g/mol. The molecule has 0 spiro atoms. The van der Waals surface area contributed by atoms with E-state index < -0.39 is 11.9 Å². The summed E-state index contributed by atoms with van der Waals surface area (Å²) in [4.78, 5) is 8.27. The van der Waals surface area contributed by atoms with Crippen LogP contribution >= 0.6 is 11.3 Å². The van der Waals surface area contributed by atoms with E-state index in [0.717, 1.165) is 27.8 Å². The molecule has 0 bridgehead atoms. The van der Waals surface area contributed by atoms with E-state index in [2.05, 4.69) is 25.7 Å². The molecule has 3 rings (SSSR count). The van der Waals surface area contributed by atoms with E-state index in [1.165, 1.54) is 0 Å². The molecule has 0 aliphatic carbocycles. The maximum absolute atomic E-state index is 12.7. The molecular formula is C20H23F3N6S. The quantitative estimate of drug-likeness (QED) is 0.417. The van der Waals surface area contributed by atoms with Crippen molar-refractivity contribution in [1.82, 2.24) is 25.4 Å². The maximum atomic E-state index is 12.7. The van der Waals surface area contributed by atoms with Crippen LogP contribution in [0.25, 0.3) is 0 Å². The average Bonchev–Trinajstić information content (AvgIpc) is 3.39. The van der Waals surface area contributed by atoms with Gasteiger partial charge in [-0.2, -0.15) is 18.3 Å². The molecule has 10 heteroatoms. The fourth-order valence-electron chi connectivity index (χ4n) is 2.78. The van der Waals surface area contributed by atoms with E-state index in [1.54, 1.807) is 6.20 Å². The van der Waals surface area contributed by atoms with Gasteiger partial charge in [0.1, 0.15) is 0 Å². The second kappa shape index (κ2) is 10.2. The summed E-state index contributed by atoms with van der Waals surface area (Å²) in [6.07, 6.45) is -0.355. The summed E-state index contributed by atoms with van der Waals surface area (Å²) in [7, 11) is 0. The standard InChI is InChI=1S/C20H23F3N6S/c1-2-24-19(25-10-8-18-28-17(14-30-18)20(21,22)23)26-12-15-6-3-4-7-16(15)13-29-11-5-9-27-29/h3-7,9,11,14H,2,8,10,12-13H2,1H3,(H2,24,25,26). The second-order valence-corrected chi connectivity index (χ2v) is 7.41. The molecule has 6 nitrogen and oxygen atoms in total. The highest BCUT2D eigenvalue weighted by atomic mass is 32.1. The number of aromatic nitrogens is 3. The summed E-state index contributed by atoms with van der Waals surface area (Å²) < 4.78 is 39.8. The highest BCUT2D eigenvalue weighted by molar-refractivity contribution is 7.09. The van der Waals surface area contributed by atoms with Crippen molar-refractivity contribution in [2.24, 2.45) is 4.99 Å². The number of alkyl halides is 3. The Bertz CT molecular complexity index is 950. The van der Waals surface area contributed by atoms with Crippen LogP contribution in [0.4, 0.5) is 13.2 Å². The highest BCUT2D eigenvalue weighted by Gasteiger charge is 2.33. The third-order valence-corrected chi connectivity index (χ3v) is 5.14. The molecule has 0 saturated heterocycles. The molecule has 0 aliphatic heterocycles. The molecule has 0 unspecified atom stereocenters. The number of rotatable bonds is 8. The van der Waals surface area contributed by atoms with Crippen LogP contribution in [-0.2, 0) is 25.7 Å². The zero-order chi connectivity index (χ0) is 21.4. The minimum atomic E-state index is -4.40. The molecule has 1 aromatic carbocycles. The first-order chi connectivity index (χ1) is 14.5. The van der Waals surface area contributed by atoms with Crippen molar-refractivity contribution in [2.45, 2.75) is 32.6 Å². The minimum absolute atomic E-state index is 0.390. The topological polar surface area (TPSA) is 67.1 Å². The summed E-state index contributed by atoms with van der Waals surface area (Å²) in [5.74, 6) is 0.610. The lowest BCUT2D eigenvalue weighted by molar-refractivity contribution is -0.140. The van der Waals surface area contributed by atoms with E-state index in [4.69, 9.17) is 0 Å². The maximum Gasteiger partial charge on any atom is 0.434 e. The van der Waals surface area contributed by atoms with Gasteiger partial charge in [-0.05, 0) is 24.1 Å². The predicted octanol–water partition coefficient (Wildman–Crippen LogP) is 3.70. The molecule has 2 heterocycles. The number of hydrogen-bond donors (Lipinski definition) is 2. The molecule has 0 atom stereocenters. The average molecular weight is 437 g/mol. The van der Waals surface area contributed by atoms with Gasteiger partial charge in [-0.3, -0.25) is 4.68 Å². The first-order valence-corrected chi connectivity index (χ1v) is 10.4. The van der Waals surface area contributed by atoms with E-state index in [-0.39, 0.29) is 0 Å². The summed E-state index contributed by atoms with van der Waals surface area (Å²) in [5.41, 5.74) is 1.38. The third-order valence-electron chi connectivity index (χ3n) is 4.24. The van der Waals surface area contributed by atoms with E-state index >= 15 is 0 Å². The Morgan fingerprint density at radius 2 is 1.97 bits per heavy atom. The van der Waals surface area contributed by atoms with Gasteiger partial charge in [0.2, 0.25) is 0 Å². The van der Waals surface area contributed by atoms with Crippen LogP contribution in [0, 0.1) is 0 Å². The van der Waals surface area contributed by atoms with Crippen molar-refractivity contribution in [3.8, 4) is 0 Å². The molecule has 0 amide bonds. The fraction of sp³-hybridized carbons (Fsp3) is 0.350. The monoisotopic (exact) mass is 436 g/mol. The van der Waals surface area contributed by atoms with E-state index in [9.17, 15) is 13.2 Å². The molecule has 0 radical (unpaired) electrons. The number of guanidine groups is 1. The number of benzene rings is 1. The minimum Gasteiger partial charge on any atom is -0.357 e. The Hall–Kier alpha value is -2.88. The van der Waals surface area contributed by atoms with E-state index in [1.807, 2.05) is 48.1 Å². The second-order valence-electron chi connectivity index (χ2n) is 6.47. The summed E-state index contributed by atoms with van der Waals surface area (Å²) >= 11 is 1.02. The number of halogens is 3. The zero-order valence-electron chi connectivity index (χ0n) is 16.5. The Morgan fingerprint density at radius 1 is 1.17 bits per heavy atom. The lowest BCUT2D eigenvalue weighted by Crippen LogP contribution is -2.38. The van der Waals surface area contributed by atoms with Crippen molar-refractivity contribution in [3.63, 3.8) is 0 Å². The summed E-state index contributed by atoms with van der Waals surface area (Å²) in [6, 6.07) is 9.92.